The zero-order chi connectivity index (χ0) is 19.7. The van der Waals surface area contributed by atoms with E-state index in [2.05, 4.69) is 30.5 Å². The van der Waals surface area contributed by atoms with Gasteiger partial charge in [-0.1, -0.05) is 0 Å². The van der Waals surface area contributed by atoms with E-state index in [9.17, 15) is 15.3 Å². The van der Waals surface area contributed by atoms with Crippen molar-refractivity contribution in [2.45, 2.75) is 24.5 Å². The van der Waals surface area contributed by atoms with E-state index >= 15 is 0 Å². The van der Waals surface area contributed by atoms with E-state index in [4.69, 9.17) is 10.5 Å². The highest BCUT2D eigenvalue weighted by Crippen LogP contribution is 2.32. The van der Waals surface area contributed by atoms with Crippen molar-refractivity contribution >= 4 is 29.1 Å². The first-order valence-electron chi connectivity index (χ1n) is 8.40. The van der Waals surface area contributed by atoms with Crippen LogP contribution in [0.25, 0.3) is 11.2 Å². The molecule has 1 saturated heterocycles. The molecule has 3 aromatic heterocycles. The fourth-order valence-corrected chi connectivity index (χ4v) is 2.90. The highest BCUT2D eigenvalue weighted by molar-refractivity contribution is 5.83. The molecule has 12 nitrogen and oxygen atoms in total. The summed E-state index contributed by atoms with van der Waals surface area (Å²) in [6.07, 6.45) is 1.80. The number of aliphatic hydroxyl groups excluding tert-OH is 3. The molecule has 6 N–H and O–H groups in total. The Morgan fingerprint density at radius 2 is 2.04 bits per heavy atom. The van der Waals surface area contributed by atoms with Crippen LogP contribution in [0, 0.1) is 0 Å². The molecule has 0 bridgehead atoms. The van der Waals surface area contributed by atoms with Crippen LogP contribution in [0.3, 0.4) is 0 Å². The molecule has 4 heterocycles. The first kappa shape index (κ1) is 18.2. The van der Waals surface area contributed by atoms with Crippen molar-refractivity contribution in [2.24, 2.45) is 5.10 Å². The lowest BCUT2D eigenvalue weighted by Crippen LogP contribution is -2.33. The monoisotopic (exact) mass is 386 g/mol. The summed E-state index contributed by atoms with van der Waals surface area (Å²) in [5.74, 6) is 0.223. The molecule has 4 rings (SSSR count). The number of fused-ring (bicyclic) bond motifs is 1. The maximum Gasteiger partial charge on any atom is 0.247 e. The topological polar surface area (TPSA) is 177 Å². The molecule has 1 aliphatic heterocycles. The number of anilines is 2. The van der Waals surface area contributed by atoms with Crippen molar-refractivity contribution in [2.75, 3.05) is 17.8 Å². The van der Waals surface area contributed by atoms with E-state index in [1.165, 1.54) is 10.9 Å². The second-order valence-electron chi connectivity index (χ2n) is 6.14. The molecule has 1 aliphatic rings. The number of imidazole rings is 1. The van der Waals surface area contributed by atoms with Crippen LogP contribution in [-0.2, 0) is 4.74 Å². The average Bonchev–Trinajstić information content (AvgIpc) is 3.24. The van der Waals surface area contributed by atoms with E-state index in [-0.39, 0.29) is 17.4 Å². The number of nitrogens with zero attached hydrogens (tertiary/aromatic N) is 6. The number of aromatic nitrogens is 5. The SMILES string of the molecule is Nc1nc(N/N=C/c2ccncc2)nc2c1ncn2C1O[C@H](CO)[C@@H](O)[C@H]1O. The van der Waals surface area contributed by atoms with Crippen molar-refractivity contribution in [3.05, 3.63) is 36.4 Å². The zero-order valence-electron chi connectivity index (χ0n) is 14.5. The van der Waals surface area contributed by atoms with Crippen molar-refractivity contribution in [1.29, 1.82) is 0 Å². The number of ether oxygens (including phenoxy) is 1. The van der Waals surface area contributed by atoms with Gasteiger partial charge in [0.25, 0.3) is 0 Å². The molecular formula is C16H18N8O4. The molecule has 4 atom stereocenters. The second kappa shape index (κ2) is 7.44. The number of aliphatic hydroxyl groups is 3. The van der Waals surface area contributed by atoms with Crippen LogP contribution in [0.15, 0.2) is 36.0 Å². The summed E-state index contributed by atoms with van der Waals surface area (Å²) in [4.78, 5) is 16.5. The Labute approximate surface area is 158 Å². The van der Waals surface area contributed by atoms with Gasteiger partial charge in [0.15, 0.2) is 17.7 Å². The minimum Gasteiger partial charge on any atom is -0.394 e. The van der Waals surface area contributed by atoms with Gasteiger partial charge >= 0.3 is 0 Å². The van der Waals surface area contributed by atoms with Gasteiger partial charge in [-0.2, -0.15) is 15.1 Å². The Bertz CT molecular complexity index is 995. The molecule has 1 fully saturated rings. The van der Waals surface area contributed by atoms with Gasteiger partial charge in [-0.05, 0) is 17.7 Å². The number of hydrogen-bond donors (Lipinski definition) is 5. The first-order chi connectivity index (χ1) is 13.6. The molecular weight excluding hydrogens is 368 g/mol. The number of rotatable bonds is 5. The Morgan fingerprint density at radius 1 is 1.25 bits per heavy atom. The number of hydrogen-bond acceptors (Lipinski definition) is 11. The van der Waals surface area contributed by atoms with Crippen molar-refractivity contribution < 1.29 is 20.1 Å². The molecule has 146 valence electrons. The smallest absolute Gasteiger partial charge is 0.247 e. The van der Waals surface area contributed by atoms with E-state index < -0.39 is 31.1 Å². The van der Waals surface area contributed by atoms with Crippen LogP contribution in [-0.4, -0.2) is 71.0 Å². The van der Waals surface area contributed by atoms with Crippen LogP contribution in [0.1, 0.15) is 11.8 Å². The molecule has 1 unspecified atom stereocenters. The highest BCUT2D eigenvalue weighted by atomic mass is 16.6. The van der Waals surface area contributed by atoms with E-state index in [1.54, 1.807) is 30.7 Å². The number of nitrogens with two attached hydrogens (primary N) is 1. The van der Waals surface area contributed by atoms with Gasteiger partial charge in [0, 0.05) is 12.4 Å². The van der Waals surface area contributed by atoms with Crippen LogP contribution < -0.4 is 11.2 Å². The van der Waals surface area contributed by atoms with Crippen molar-refractivity contribution in [1.82, 2.24) is 24.5 Å². The maximum atomic E-state index is 10.2. The largest absolute Gasteiger partial charge is 0.394 e. The third-order valence-electron chi connectivity index (χ3n) is 4.32. The van der Waals surface area contributed by atoms with E-state index in [0.29, 0.717) is 5.52 Å². The molecule has 12 heteroatoms. The third-order valence-corrected chi connectivity index (χ3v) is 4.32. The molecule has 0 spiro atoms. The maximum absolute atomic E-state index is 10.2. The summed E-state index contributed by atoms with van der Waals surface area (Å²) in [7, 11) is 0. The standard InChI is InChI=1S/C16H18N8O4/c17-13-10-14(22-16(21-13)23-20-5-8-1-3-18-4-2-8)24(7-19-10)15-12(27)11(26)9(6-25)28-15/h1-5,7,9,11-12,15,25-27H,6H2,(H3,17,21,22,23)/b20-5+/t9-,11-,12-,15?/m1/s1. The van der Waals surface area contributed by atoms with Crippen LogP contribution >= 0.6 is 0 Å². The number of nitrogen functional groups attached to an aromatic ring is 1. The Morgan fingerprint density at radius 3 is 2.75 bits per heavy atom. The minimum absolute atomic E-state index is 0.108. The van der Waals surface area contributed by atoms with E-state index in [0.717, 1.165) is 5.56 Å². The normalized spacial score (nSPS) is 25.0. The quantitative estimate of drug-likeness (QED) is 0.266. The molecule has 28 heavy (non-hydrogen) atoms. The Kier molecular flexibility index (Phi) is 4.83. The van der Waals surface area contributed by atoms with Crippen LogP contribution in [0.4, 0.5) is 11.8 Å². The van der Waals surface area contributed by atoms with E-state index in [1.807, 2.05) is 0 Å². The highest BCUT2D eigenvalue weighted by Gasteiger charge is 2.44. The summed E-state index contributed by atoms with van der Waals surface area (Å²) < 4.78 is 6.95. The van der Waals surface area contributed by atoms with Gasteiger partial charge in [0.1, 0.15) is 23.8 Å². The number of hydrazone groups is 1. The van der Waals surface area contributed by atoms with Gasteiger partial charge in [-0.15, -0.1) is 0 Å². The van der Waals surface area contributed by atoms with Crippen molar-refractivity contribution in [3.63, 3.8) is 0 Å². The lowest BCUT2D eigenvalue weighted by Gasteiger charge is -2.16. The lowest BCUT2D eigenvalue weighted by atomic mass is 10.1. The molecule has 0 aromatic carbocycles. The summed E-state index contributed by atoms with van der Waals surface area (Å²) in [6.45, 7) is -0.436. The van der Waals surface area contributed by atoms with Crippen LogP contribution in [0.2, 0.25) is 0 Å². The fraction of sp³-hybridized carbons (Fsp3) is 0.312. The van der Waals surface area contributed by atoms with Gasteiger partial charge in [0.2, 0.25) is 5.95 Å². The Balaban J connectivity index is 1.63. The first-order valence-corrected chi connectivity index (χ1v) is 8.40. The predicted octanol–water partition coefficient (Wildman–Crippen LogP) is -1.14. The summed E-state index contributed by atoms with van der Waals surface area (Å²) in [6, 6.07) is 3.56. The molecule has 0 amide bonds. The summed E-state index contributed by atoms with van der Waals surface area (Å²) >= 11 is 0. The van der Waals surface area contributed by atoms with Gasteiger partial charge in [-0.3, -0.25) is 9.55 Å². The van der Waals surface area contributed by atoms with Gasteiger partial charge in [0.05, 0.1) is 19.1 Å². The minimum atomic E-state index is -1.27. The third kappa shape index (κ3) is 3.25. The van der Waals surface area contributed by atoms with Gasteiger partial charge < -0.3 is 25.8 Å². The molecule has 0 saturated carbocycles. The molecule has 3 aromatic rings. The Hall–Kier alpha value is -3.19. The molecule has 0 radical (unpaired) electrons. The van der Waals surface area contributed by atoms with Crippen molar-refractivity contribution in [3.8, 4) is 0 Å². The lowest BCUT2D eigenvalue weighted by molar-refractivity contribution is -0.0511. The summed E-state index contributed by atoms with van der Waals surface area (Å²) in [5, 5.41) is 33.5. The fourth-order valence-electron chi connectivity index (χ4n) is 2.90. The second-order valence-corrected chi connectivity index (χ2v) is 6.14. The summed E-state index contributed by atoms with van der Waals surface area (Å²) in [5.41, 5.74) is 10.0. The predicted molar refractivity (Wildman–Crippen MR) is 98.2 cm³/mol. The molecule has 0 aliphatic carbocycles. The zero-order valence-corrected chi connectivity index (χ0v) is 14.5. The number of nitrogens with one attached hydrogen (secondary N) is 1. The van der Waals surface area contributed by atoms with Crippen LogP contribution in [0.5, 0.6) is 0 Å². The van der Waals surface area contributed by atoms with Gasteiger partial charge in [-0.25, -0.2) is 10.4 Å². The number of pyridine rings is 1. The average molecular weight is 386 g/mol.